The molecule has 0 aliphatic carbocycles. The second-order valence-electron chi connectivity index (χ2n) is 4.83. The number of carbonyl (C=O) groups is 3. The fourth-order valence-corrected chi connectivity index (χ4v) is 2.19. The van der Waals surface area contributed by atoms with Gasteiger partial charge in [0, 0.05) is 14.1 Å². The maximum atomic E-state index is 11.9. The molecule has 1 aliphatic rings. The van der Waals surface area contributed by atoms with E-state index >= 15 is 0 Å². The molecular formula is C13H22N2O3. The third-order valence-electron chi connectivity index (χ3n) is 3.43. The minimum atomic E-state index is -0.667. The first kappa shape index (κ1) is 14.7. The molecule has 1 rings (SSSR count). The van der Waals surface area contributed by atoms with Gasteiger partial charge in [0.15, 0.2) is 0 Å². The Bertz CT molecular complexity index is 317. The molecule has 1 fully saturated rings. The van der Waals surface area contributed by atoms with Crippen LogP contribution in [0.1, 0.15) is 45.4 Å². The zero-order chi connectivity index (χ0) is 13.7. The van der Waals surface area contributed by atoms with Crippen molar-refractivity contribution in [3.63, 3.8) is 0 Å². The van der Waals surface area contributed by atoms with E-state index in [-0.39, 0.29) is 11.8 Å². The van der Waals surface area contributed by atoms with Crippen molar-refractivity contribution < 1.29 is 14.4 Å². The van der Waals surface area contributed by atoms with Gasteiger partial charge >= 0.3 is 6.03 Å². The molecule has 0 radical (unpaired) electrons. The first-order chi connectivity index (χ1) is 8.50. The van der Waals surface area contributed by atoms with Crippen LogP contribution in [0.25, 0.3) is 0 Å². The Kier molecular flexibility index (Phi) is 5.31. The average Bonchev–Trinajstić information content (AvgIpc) is 2.37. The summed E-state index contributed by atoms with van der Waals surface area (Å²) in [4.78, 5) is 37.3. The Hall–Kier alpha value is -1.39. The molecule has 0 aromatic heterocycles. The van der Waals surface area contributed by atoms with Gasteiger partial charge in [-0.15, -0.1) is 0 Å². The lowest BCUT2D eigenvalue weighted by Crippen LogP contribution is -2.56. The molecule has 0 atom stereocenters. The molecule has 1 saturated heterocycles. The third kappa shape index (κ3) is 3.09. The molecule has 5 heteroatoms. The van der Waals surface area contributed by atoms with E-state index in [2.05, 4.69) is 6.92 Å². The third-order valence-corrected chi connectivity index (χ3v) is 3.43. The molecule has 0 N–H and O–H groups in total. The molecule has 4 amide bonds. The lowest BCUT2D eigenvalue weighted by Gasteiger charge is -2.32. The highest BCUT2D eigenvalue weighted by Crippen LogP contribution is 2.21. The molecule has 0 saturated carbocycles. The summed E-state index contributed by atoms with van der Waals surface area (Å²) < 4.78 is 0. The largest absolute Gasteiger partial charge is 0.332 e. The van der Waals surface area contributed by atoms with Crippen molar-refractivity contribution in [1.82, 2.24) is 9.80 Å². The molecule has 102 valence electrons. The Morgan fingerprint density at radius 3 is 1.89 bits per heavy atom. The second-order valence-corrected chi connectivity index (χ2v) is 4.83. The Morgan fingerprint density at radius 2 is 1.39 bits per heavy atom. The number of unbranched alkanes of at least 4 members (excludes halogenated alkanes) is 4. The van der Waals surface area contributed by atoms with Gasteiger partial charge in [0.05, 0.1) is 0 Å². The van der Waals surface area contributed by atoms with E-state index in [9.17, 15) is 14.4 Å². The van der Waals surface area contributed by atoms with Crippen molar-refractivity contribution in [3.05, 3.63) is 0 Å². The van der Waals surface area contributed by atoms with Crippen molar-refractivity contribution in [1.29, 1.82) is 0 Å². The highest BCUT2D eigenvalue weighted by molar-refractivity contribution is 6.15. The minimum Gasteiger partial charge on any atom is -0.273 e. The van der Waals surface area contributed by atoms with Crippen LogP contribution in [0.3, 0.4) is 0 Å². The van der Waals surface area contributed by atoms with Gasteiger partial charge in [-0.3, -0.25) is 19.4 Å². The van der Waals surface area contributed by atoms with Crippen molar-refractivity contribution in [2.75, 3.05) is 14.1 Å². The van der Waals surface area contributed by atoms with E-state index < -0.39 is 11.9 Å². The topological polar surface area (TPSA) is 57.7 Å². The molecule has 5 nitrogen and oxygen atoms in total. The van der Waals surface area contributed by atoms with E-state index in [1.165, 1.54) is 26.9 Å². The fraction of sp³-hybridized carbons (Fsp3) is 0.769. The molecule has 0 unspecified atom stereocenters. The first-order valence-electron chi connectivity index (χ1n) is 6.59. The van der Waals surface area contributed by atoms with Crippen LogP contribution in [-0.4, -0.2) is 41.7 Å². The van der Waals surface area contributed by atoms with Crippen LogP contribution in [-0.2, 0) is 9.59 Å². The van der Waals surface area contributed by atoms with Gasteiger partial charge in [0.1, 0.15) is 5.92 Å². The van der Waals surface area contributed by atoms with E-state index in [4.69, 9.17) is 0 Å². The highest BCUT2D eigenvalue weighted by atomic mass is 16.2. The number of hydrogen-bond acceptors (Lipinski definition) is 3. The van der Waals surface area contributed by atoms with Crippen LogP contribution < -0.4 is 0 Å². The van der Waals surface area contributed by atoms with Crippen LogP contribution in [0.2, 0.25) is 0 Å². The maximum absolute atomic E-state index is 11.9. The Morgan fingerprint density at radius 1 is 0.889 bits per heavy atom. The summed E-state index contributed by atoms with van der Waals surface area (Å²) in [5.41, 5.74) is 0. The lowest BCUT2D eigenvalue weighted by atomic mass is 9.96. The molecule has 18 heavy (non-hydrogen) atoms. The maximum Gasteiger partial charge on any atom is 0.332 e. The highest BCUT2D eigenvalue weighted by Gasteiger charge is 2.41. The van der Waals surface area contributed by atoms with Gasteiger partial charge in [-0.1, -0.05) is 39.0 Å². The zero-order valence-corrected chi connectivity index (χ0v) is 11.4. The van der Waals surface area contributed by atoms with Crippen molar-refractivity contribution >= 4 is 17.8 Å². The van der Waals surface area contributed by atoms with Gasteiger partial charge in [-0.05, 0) is 6.42 Å². The van der Waals surface area contributed by atoms with Crippen molar-refractivity contribution in [2.45, 2.75) is 45.4 Å². The summed E-state index contributed by atoms with van der Waals surface area (Å²) in [6.45, 7) is 2.14. The monoisotopic (exact) mass is 254 g/mol. The predicted molar refractivity (Wildman–Crippen MR) is 67.8 cm³/mol. The summed E-state index contributed by atoms with van der Waals surface area (Å²) in [7, 11) is 2.86. The number of barbiturate groups is 1. The Balaban J connectivity index is 2.50. The van der Waals surface area contributed by atoms with Gasteiger partial charge in [-0.25, -0.2) is 4.79 Å². The van der Waals surface area contributed by atoms with E-state index in [1.807, 2.05) is 0 Å². The summed E-state index contributed by atoms with van der Waals surface area (Å²) in [5, 5.41) is 0. The van der Waals surface area contributed by atoms with E-state index in [0.717, 1.165) is 29.1 Å². The summed E-state index contributed by atoms with van der Waals surface area (Å²) in [5.74, 6) is -1.39. The average molecular weight is 254 g/mol. The molecule has 1 aliphatic heterocycles. The number of rotatable bonds is 6. The number of urea groups is 1. The normalized spacial score (nSPS) is 17.8. The molecule has 0 aromatic carbocycles. The van der Waals surface area contributed by atoms with Gasteiger partial charge < -0.3 is 0 Å². The number of hydrogen-bond donors (Lipinski definition) is 0. The summed E-state index contributed by atoms with van der Waals surface area (Å²) in [6, 6.07) is -0.535. The second kappa shape index (κ2) is 6.52. The van der Waals surface area contributed by atoms with Crippen molar-refractivity contribution in [3.8, 4) is 0 Å². The molecule has 1 heterocycles. The predicted octanol–water partition coefficient (Wildman–Crippen LogP) is 2.01. The quantitative estimate of drug-likeness (QED) is 0.538. The standard InChI is InChI=1S/C13H22N2O3/c1-4-5-6-7-8-9-10-11(16)14(2)13(18)15(3)12(10)17/h10H,4-9H2,1-3H3. The van der Waals surface area contributed by atoms with Gasteiger partial charge in [0.2, 0.25) is 11.8 Å². The van der Waals surface area contributed by atoms with Crippen LogP contribution >= 0.6 is 0 Å². The molecular weight excluding hydrogens is 232 g/mol. The van der Waals surface area contributed by atoms with Crippen LogP contribution in [0.4, 0.5) is 4.79 Å². The number of amides is 4. The molecule has 0 aromatic rings. The molecule has 0 spiro atoms. The Labute approximate surface area is 108 Å². The van der Waals surface area contributed by atoms with Gasteiger partial charge in [-0.2, -0.15) is 0 Å². The summed E-state index contributed by atoms with van der Waals surface area (Å²) in [6.07, 6.45) is 5.93. The van der Waals surface area contributed by atoms with Crippen LogP contribution in [0, 0.1) is 5.92 Å². The van der Waals surface area contributed by atoms with E-state index in [0.29, 0.717) is 6.42 Å². The van der Waals surface area contributed by atoms with E-state index in [1.54, 1.807) is 0 Å². The van der Waals surface area contributed by atoms with Gasteiger partial charge in [0.25, 0.3) is 0 Å². The lowest BCUT2D eigenvalue weighted by molar-refractivity contribution is -0.147. The smallest absolute Gasteiger partial charge is 0.273 e. The first-order valence-corrected chi connectivity index (χ1v) is 6.59. The molecule has 0 bridgehead atoms. The SMILES string of the molecule is CCCCCCCC1C(=O)N(C)C(=O)N(C)C1=O. The van der Waals surface area contributed by atoms with Crippen LogP contribution in [0.15, 0.2) is 0 Å². The zero-order valence-electron chi connectivity index (χ0n) is 11.4. The number of nitrogens with zero attached hydrogens (tertiary/aromatic N) is 2. The fourth-order valence-electron chi connectivity index (χ4n) is 2.19. The number of carbonyl (C=O) groups excluding carboxylic acids is 3. The van der Waals surface area contributed by atoms with Crippen molar-refractivity contribution in [2.24, 2.45) is 5.92 Å². The van der Waals surface area contributed by atoms with Crippen LogP contribution in [0.5, 0.6) is 0 Å². The minimum absolute atomic E-state index is 0.362. The number of imide groups is 2. The summed E-state index contributed by atoms with van der Waals surface area (Å²) >= 11 is 0.